The minimum atomic E-state index is -0.0449. The normalized spacial score (nSPS) is 14.6. The van der Waals surface area contributed by atoms with E-state index < -0.39 is 0 Å². The van der Waals surface area contributed by atoms with Crippen molar-refractivity contribution in [3.8, 4) is 11.4 Å². The van der Waals surface area contributed by atoms with E-state index in [9.17, 15) is 9.90 Å². The fourth-order valence-electron chi connectivity index (χ4n) is 3.30. The number of unbranched alkanes of at least 4 members (excludes halogenated alkanes) is 1. The number of nitrogens with zero attached hydrogens (tertiary/aromatic N) is 4. The molecule has 0 saturated carbocycles. The van der Waals surface area contributed by atoms with Gasteiger partial charge in [0.15, 0.2) is 5.82 Å². The van der Waals surface area contributed by atoms with Gasteiger partial charge < -0.3 is 15.3 Å². The molecule has 0 saturated heterocycles. The average molecular weight is 369 g/mol. The summed E-state index contributed by atoms with van der Waals surface area (Å²) < 4.78 is 0. The highest BCUT2D eigenvalue weighted by molar-refractivity contribution is 5.74. The van der Waals surface area contributed by atoms with Crippen molar-refractivity contribution in [2.45, 2.75) is 52.1 Å². The van der Waals surface area contributed by atoms with E-state index in [1.807, 2.05) is 12.1 Å². The van der Waals surface area contributed by atoms with E-state index in [4.69, 9.17) is 9.97 Å². The van der Waals surface area contributed by atoms with Crippen molar-refractivity contribution >= 4 is 11.7 Å². The number of hydrogen-bond acceptors (Lipinski definition) is 6. The van der Waals surface area contributed by atoms with Crippen LogP contribution in [0, 0.1) is 0 Å². The van der Waals surface area contributed by atoms with Gasteiger partial charge in [-0.05, 0) is 25.0 Å². The number of rotatable bonds is 7. The molecule has 0 spiro atoms. The van der Waals surface area contributed by atoms with Gasteiger partial charge in [-0.2, -0.15) is 0 Å². The molecular weight excluding hydrogens is 342 g/mol. The number of aliphatic hydroxyl groups excluding tert-OH is 1. The number of carbonyl (C=O) groups is 1. The van der Waals surface area contributed by atoms with E-state index >= 15 is 0 Å². The predicted octanol–water partition coefficient (Wildman–Crippen LogP) is 2.41. The fraction of sp³-hybridized carbons (Fsp3) is 0.500. The maximum absolute atomic E-state index is 11.8. The Hall–Kier alpha value is -2.54. The molecule has 0 aromatic carbocycles. The number of pyridine rings is 1. The number of nitrogens with one attached hydrogen (secondary N) is 1. The van der Waals surface area contributed by atoms with Crippen LogP contribution in [-0.4, -0.2) is 50.1 Å². The highest BCUT2D eigenvalue weighted by atomic mass is 16.3. The molecule has 1 amide bonds. The Bertz CT molecular complexity index is 781. The van der Waals surface area contributed by atoms with Gasteiger partial charge in [-0.1, -0.05) is 19.8 Å². The van der Waals surface area contributed by atoms with Crippen molar-refractivity contribution in [3.05, 3.63) is 35.8 Å². The molecule has 3 heterocycles. The first kappa shape index (κ1) is 19.2. The van der Waals surface area contributed by atoms with Crippen LogP contribution in [0.5, 0.6) is 0 Å². The highest BCUT2D eigenvalue weighted by Crippen LogP contribution is 2.28. The number of carbonyl (C=O) groups excluding carboxylic acids is 1. The summed E-state index contributed by atoms with van der Waals surface area (Å²) in [7, 11) is 0. The fourth-order valence-corrected chi connectivity index (χ4v) is 3.30. The Kier molecular flexibility index (Phi) is 6.34. The van der Waals surface area contributed by atoms with Crippen LogP contribution in [-0.2, 0) is 17.8 Å². The van der Waals surface area contributed by atoms with E-state index in [0.717, 1.165) is 41.9 Å². The monoisotopic (exact) mass is 369 g/mol. The molecule has 0 radical (unpaired) electrons. The summed E-state index contributed by atoms with van der Waals surface area (Å²) in [6.07, 6.45) is 7.15. The average Bonchev–Trinajstić information content (AvgIpc) is 2.70. The van der Waals surface area contributed by atoms with Crippen molar-refractivity contribution in [3.63, 3.8) is 0 Å². The third-order valence-electron chi connectivity index (χ3n) is 4.90. The first-order valence-electron chi connectivity index (χ1n) is 9.55. The molecule has 1 aliphatic rings. The Morgan fingerprint density at radius 2 is 2.26 bits per heavy atom. The van der Waals surface area contributed by atoms with E-state index in [2.05, 4.69) is 17.2 Å². The molecule has 2 aromatic rings. The van der Waals surface area contributed by atoms with Gasteiger partial charge >= 0.3 is 0 Å². The zero-order chi connectivity index (χ0) is 19.2. The smallest absolute Gasteiger partial charge is 0.219 e. The minimum Gasteiger partial charge on any atom is -0.394 e. The SMILES string of the molecule is CCCC[C@@H](CO)Nc1nc(-c2cccnc2)nc2c1CCN(C(C)=O)C2. The molecule has 0 fully saturated rings. The zero-order valence-corrected chi connectivity index (χ0v) is 16.0. The second-order valence-electron chi connectivity index (χ2n) is 6.92. The number of aliphatic hydroxyl groups is 1. The lowest BCUT2D eigenvalue weighted by Crippen LogP contribution is -2.36. The summed E-state index contributed by atoms with van der Waals surface area (Å²) in [6.45, 7) is 4.91. The number of amides is 1. The lowest BCUT2D eigenvalue weighted by Gasteiger charge is -2.29. The number of anilines is 1. The van der Waals surface area contributed by atoms with Gasteiger partial charge in [-0.3, -0.25) is 9.78 Å². The summed E-state index contributed by atoms with van der Waals surface area (Å²) in [5.41, 5.74) is 2.73. The van der Waals surface area contributed by atoms with Gasteiger partial charge in [0.25, 0.3) is 0 Å². The standard InChI is InChI=1S/C20H27N5O2/c1-3-4-7-16(13-26)22-20-17-8-10-25(14(2)27)12-18(17)23-19(24-20)15-6-5-9-21-11-15/h5-6,9,11,16,26H,3-4,7-8,10,12-13H2,1-2H3,(H,22,23,24)/t16-/m0/s1. The molecule has 0 aliphatic carbocycles. The quantitative estimate of drug-likeness (QED) is 0.779. The Morgan fingerprint density at radius 1 is 1.41 bits per heavy atom. The van der Waals surface area contributed by atoms with E-state index in [1.54, 1.807) is 24.2 Å². The second kappa shape index (κ2) is 8.90. The van der Waals surface area contributed by atoms with Gasteiger partial charge in [0.05, 0.1) is 24.9 Å². The van der Waals surface area contributed by atoms with Gasteiger partial charge in [-0.25, -0.2) is 9.97 Å². The first-order chi connectivity index (χ1) is 13.1. The largest absolute Gasteiger partial charge is 0.394 e. The number of fused-ring (bicyclic) bond motifs is 1. The molecule has 3 rings (SSSR count). The predicted molar refractivity (Wildman–Crippen MR) is 104 cm³/mol. The third-order valence-corrected chi connectivity index (χ3v) is 4.90. The van der Waals surface area contributed by atoms with Gasteiger partial charge in [0.1, 0.15) is 5.82 Å². The topological polar surface area (TPSA) is 91.2 Å². The van der Waals surface area contributed by atoms with Crippen molar-refractivity contribution in [1.29, 1.82) is 0 Å². The maximum Gasteiger partial charge on any atom is 0.219 e. The van der Waals surface area contributed by atoms with Crippen LogP contribution in [0.2, 0.25) is 0 Å². The molecule has 0 bridgehead atoms. The third kappa shape index (κ3) is 4.60. The molecule has 1 atom stereocenters. The van der Waals surface area contributed by atoms with Gasteiger partial charge in [0.2, 0.25) is 5.91 Å². The number of hydrogen-bond donors (Lipinski definition) is 2. The van der Waals surface area contributed by atoms with Crippen molar-refractivity contribution in [1.82, 2.24) is 19.9 Å². The van der Waals surface area contributed by atoms with Crippen LogP contribution in [0.15, 0.2) is 24.5 Å². The van der Waals surface area contributed by atoms with Gasteiger partial charge in [-0.15, -0.1) is 0 Å². The van der Waals surface area contributed by atoms with E-state index in [-0.39, 0.29) is 18.6 Å². The molecule has 2 aromatic heterocycles. The lowest BCUT2D eigenvalue weighted by molar-refractivity contribution is -0.129. The maximum atomic E-state index is 11.8. The Labute approximate surface area is 159 Å². The van der Waals surface area contributed by atoms with Crippen LogP contribution in [0.3, 0.4) is 0 Å². The molecule has 2 N–H and O–H groups in total. The van der Waals surface area contributed by atoms with Crippen LogP contribution >= 0.6 is 0 Å². The molecule has 0 unspecified atom stereocenters. The lowest BCUT2D eigenvalue weighted by atomic mass is 10.0. The van der Waals surface area contributed by atoms with Crippen molar-refractivity contribution < 1.29 is 9.90 Å². The molecule has 1 aliphatic heterocycles. The molecule has 144 valence electrons. The van der Waals surface area contributed by atoms with E-state index in [0.29, 0.717) is 25.3 Å². The molecular formula is C20H27N5O2. The number of aromatic nitrogens is 3. The second-order valence-corrected chi connectivity index (χ2v) is 6.92. The summed E-state index contributed by atoms with van der Waals surface area (Å²) in [5, 5.41) is 13.2. The Morgan fingerprint density at radius 3 is 2.93 bits per heavy atom. The summed E-state index contributed by atoms with van der Waals surface area (Å²) in [5.74, 6) is 1.40. The summed E-state index contributed by atoms with van der Waals surface area (Å²) in [4.78, 5) is 27.2. The molecule has 7 heteroatoms. The van der Waals surface area contributed by atoms with Crippen LogP contribution in [0.1, 0.15) is 44.4 Å². The first-order valence-corrected chi connectivity index (χ1v) is 9.55. The summed E-state index contributed by atoms with van der Waals surface area (Å²) in [6, 6.07) is 3.73. The van der Waals surface area contributed by atoms with E-state index in [1.165, 1.54) is 0 Å². The summed E-state index contributed by atoms with van der Waals surface area (Å²) >= 11 is 0. The Balaban J connectivity index is 1.98. The zero-order valence-electron chi connectivity index (χ0n) is 16.0. The van der Waals surface area contributed by atoms with Crippen LogP contribution in [0.25, 0.3) is 11.4 Å². The van der Waals surface area contributed by atoms with Crippen LogP contribution in [0.4, 0.5) is 5.82 Å². The van der Waals surface area contributed by atoms with Gasteiger partial charge in [0, 0.05) is 37.0 Å². The van der Waals surface area contributed by atoms with Crippen LogP contribution < -0.4 is 5.32 Å². The molecule has 27 heavy (non-hydrogen) atoms. The minimum absolute atomic E-state index is 0.0449. The molecule has 7 nitrogen and oxygen atoms in total. The van der Waals surface area contributed by atoms with Crippen molar-refractivity contribution in [2.75, 3.05) is 18.5 Å². The highest BCUT2D eigenvalue weighted by Gasteiger charge is 2.25. The van der Waals surface area contributed by atoms with Crippen molar-refractivity contribution in [2.24, 2.45) is 0 Å².